The first-order chi connectivity index (χ1) is 5.95. The Labute approximate surface area is 78.6 Å². The molecule has 0 aromatic heterocycles. The average Bonchev–Trinajstić information content (AvgIpc) is 2.89. The molecule has 2 nitrogen and oxygen atoms in total. The van der Waals surface area contributed by atoms with E-state index < -0.39 is 5.97 Å². The van der Waals surface area contributed by atoms with Gasteiger partial charge >= 0.3 is 5.97 Å². The molecular weight excluding hydrogens is 164 g/mol. The fourth-order valence-electron chi connectivity index (χ4n) is 1.64. The third-order valence-electron chi connectivity index (χ3n) is 3.41. The SMILES string of the molecule is CC1(/C=C(/C(=O)O)C2(C)CC2)CC1. The number of rotatable bonds is 3. The molecule has 0 radical (unpaired) electrons. The third kappa shape index (κ3) is 1.62. The molecule has 2 aliphatic carbocycles. The fourth-order valence-corrected chi connectivity index (χ4v) is 1.64. The van der Waals surface area contributed by atoms with Gasteiger partial charge in [0.15, 0.2) is 0 Å². The van der Waals surface area contributed by atoms with E-state index in [0.29, 0.717) is 5.57 Å². The van der Waals surface area contributed by atoms with Crippen LogP contribution in [0, 0.1) is 10.8 Å². The van der Waals surface area contributed by atoms with Crippen molar-refractivity contribution in [2.24, 2.45) is 10.8 Å². The first-order valence-electron chi connectivity index (χ1n) is 4.92. The number of aliphatic carboxylic acids is 1. The Kier molecular flexibility index (Phi) is 1.60. The lowest BCUT2D eigenvalue weighted by molar-refractivity contribution is -0.133. The predicted octanol–water partition coefficient (Wildman–Crippen LogP) is 2.60. The van der Waals surface area contributed by atoms with Crippen LogP contribution in [-0.4, -0.2) is 11.1 Å². The maximum absolute atomic E-state index is 11.0. The van der Waals surface area contributed by atoms with Gasteiger partial charge in [0.1, 0.15) is 0 Å². The van der Waals surface area contributed by atoms with Crippen LogP contribution in [0.1, 0.15) is 39.5 Å². The summed E-state index contributed by atoms with van der Waals surface area (Å²) >= 11 is 0. The first kappa shape index (κ1) is 8.79. The molecule has 0 aromatic rings. The number of carboxylic acid groups (broad SMARTS) is 1. The van der Waals surface area contributed by atoms with E-state index in [4.69, 9.17) is 5.11 Å². The van der Waals surface area contributed by atoms with Crippen molar-refractivity contribution in [3.63, 3.8) is 0 Å². The van der Waals surface area contributed by atoms with E-state index in [1.807, 2.05) is 6.08 Å². The Morgan fingerprint density at radius 3 is 2.08 bits per heavy atom. The third-order valence-corrected chi connectivity index (χ3v) is 3.41. The second-order valence-electron chi connectivity index (χ2n) is 5.08. The lowest BCUT2D eigenvalue weighted by Crippen LogP contribution is -2.12. The van der Waals surface area contributed by atoms with E-state index >= 15 is 0 Å². The Bertz CT molecular complexity index is 280. The van der Waals surface area contributed by atoms with Crippen molar-refractivity contribution in [3.05, 3.63) is 11.6 Å². The second kappa shape index (κ2) is 2.37. The molecule has 2 saturated carbocycles. The van der Waals surface area contributed by atoms with Crippen molar-refractivity contribution in [3.8, 4) is 0 Å². The Balaban J connectivity index is 2.23. The minimum atomic E-state index is -0.715. The topological polar surface area (TPSA) is 37.3 Å². The zero-order valence-electron chi connectivity index (χ0n) is 8.26. The summed E-state index contributed by atoms with van der Waals surface area (Å²) in [6, 6.07) is 0. The van der Waals surface area contributed by atoms with Crippen LogP contribution in [-0.2, 0) is 4.79 Å². The predicted molar refractivity (Wildman–Crippen MR) is 50.4 cm³/mol. The van der Waals surface area contributed by atoms with Gasteiger partial charge in [0.2, 0.25) is 0 Å². The van der Waals surface area contributed by atoms with Gasteiger partial charge in [0.05, 0.1) is 0 Å². The summed E-state index contributed by atoms with van der Waals surface area (Å²) in [7, 11) is 0. The first-order valence-corrected chi connectivity index (χ1v) is 4.92. The molecule has 0 atom stereocenters. The summed E-state index contributed by atoms with van der Waals surface area (Å²) in [5, 5.41) is 9.07. The summed E-state index contributed by atoms with van der Waals surface area (Å²) < 4.78 is 0. The van der Waals surface area contributed by atoms with Gasteiger partial charge in [-0.3, -0.25) is 0 Å². The minimum Gasteiger partial charge on any atom is -0.478 e. The lowest BCUT2D eigenvalue weighted by atomic mass is 9.93. The molecule has 13 heavy (non-hydrogen) atoms. The van der Waals surface area contributed by atoms with E-state index in [9.17, 15) is 4.79 Å². The fraction of sp³-hybridized carbons (Fsp3) is 0.727. The van der Waals surface area contributed by atoms with Gasteiger partial charge in [-0.25, -0.2) is 4.79 Å². The maximum atomic E-state index is 11.0. The van der Waals surface area contributed by atoms with Crippen molar-refractivity contribution in [2.45, 2.75) is 39.5 Å². The number of carboxylic acids is 1. The molecule has 0 aromatic carbocycles. The molecule has 0 unspecified atom stereocenters. The summed E-state index contributed by atoms with van der Waals surface area (Å²) in [6.07, 6.45) is 6.39. The highest BCUT2D eigenvalue weighted by molar-refractivity contribution is 5.89. The normalized spacial score (nSPS) is 28.3. The Hall–Kier alpha value is -0.790. The summed E-state index contributed by atoms with van der Waals surface area (Å²) in [5.41, 5.74) is 0.865. The smallest absolute Gasteiger partial charge is 0.331 e. The molecule has 0 amide bonds. The van der Waals surface area contributed by atoms with Crippen LogP contribution in [0.4, 0.5) is 0 Å². The molecule has 0 aliphatic heterocycles. The highest BCUT2D eigenvalue weighted by atomic mass is 16.4. The van der Waals surface area contributed by atoms with Crippen LogP contribution in [0.25, 0.3) is 0 Å². The molecule has 1 N–H and O–H groups in total. The zero-order chi connectivity index (χ0) is 9.69. The number of carbonyl (C=O) groups is 1. The van der Waals surface area contributed by atoms with Gasteiger partial charge in [-0.05, 0) is 36.5 Å². The van der Waals surface area contributed by atoms with Crippen molar-refractivity contribution in [1.29, 1.82) is 0 Å². The van der Waals surface area contributed by atoms with E-state index in [0.717, 1.165) is 25.7 Å². The maximum Gasteiger partial charge on any atom is 0.331 e. The Morgan fingerprint density at radius 1 is 1.23 bits per heavy atom. The molecule has 2 fully saturated rings. The van der Waals surface area contributed by atoms with Gasteiger partial charge in [-0.1, -0.05) is 19.9 Å². The highest BCUT2D eigenvalue weighted by Gasteiger charge is 2.47. The summed E-state index contributed by atoms with van der Waals surface area (Å²) in [4.78, 5) is 11.0. The van der Waals surface area contributed by atoms with Crippen molar-refractivity contribution < 1.29 is 9.90 Å². The van der Waals surface area contributed by atoms with E-state index in [-0.39, 0.29) is 10.8 Å². The molecular formula is C11H16O2. The Morgan fingerprint density at radius 2 is 1.77 bits per heavy atom. The van der Waals surface area contributed by atoms with E-state index in [1.165, 1.54) is 0 Å². The van der Waals surface area contributed by atoms with Crippen LogP contribution in [0.5, 0.6) is 0 Å². The van der Waals surface area contributed by atoms with Crippen molar-refractivity contribution in [1.82, 2.24) is 0 Å². The van der Waals surface area contributed by atoms with E-state index in [1.54, 1.807) is 0 Å². The number of hydrogen-bond acceptors (Lipinski definition) is 1. The lowest BCUT2D eigenvalue weighted by Gasteiger charge is -2.11. The average molecular weight is 180 g/mol. The molecule has 72 valence electrons. The standard InChI is InChI=1S/C11H16O2/c1-10(3-4-10)7-8(9(12)13)11(2)5-6-11/h7H,3-6H2,1-2H3,(H,12,13)/b8-7-. The van der Waals surface area contributed by atoms with Gasteiger partial charge in [0.25, 0.3) is 0 Å². The van der Waals surface area contributed by atoms with Crippen molar-refractivity contribution in [2.75, 3.05) is 0 Å². The molecule has 0 heterocycles. The highest BCUT2D eigenvalue weighted by Crippen LogP contribution is 2.55. The molecule has 2 rings (SSSR count). The van der Waals surface area contributed by atoms with Gasteiger partial charge in [-0.2, -0.15) is 0 Å². The number of allylic oxidation sites excluding steroid dienone is 1. The van der Waals surface area contributed by atoms with Crippen LogP contribution in [0.2, 0.25) is 0 Å². The largest absolute Gasteiger partial charge is 0.478 e. The molecule has 0 spiro atoms. The quantitative estimate of drug-likeness (QED) is 0.678. The number of hydrogen-bond donors (Lipinski definition) is 1. The van der Waals surface area contributed by atoms with Gasteiger partial charge in [-0.15, -0.1) is 0 Å². The summed E-state index contributed by atoms with van der Waals surface area (Å²) in [5.74, 6) is -0.715. The van der Waals surface area contributed by atoms with Crippen molar-refractivity contribution >= 4 is 5.97 Å². The monoisotopic (exact) mass is 180 g/mol. The minimum absolute atomic E-state index is 0.00255. The van der Waals surface area contributed by atoms with Crippen LogP contribution in [0.3, 0.4) is 0 Å². The molecule has 2 heteroatoms. The second-order valence-corrected chi connectivity index (χ2v) is 5.08. The molecule has 0 bridgehead atoms. The van der Waals surface area contributed by atoms with Crippen LogP contribution in [0.15, 0.2) is 11.6 Å². The summed E-state index contributed by atoms with van der Waals surface area (Å²) in [6.45, 7) is 4.19. The zero-order valence-corrected chi connectivity index (χ0v) is 8.26. The van der Waals surface area contributed by atoms with Gasteiger partial charge < -0.3 is 5.11 Å². The van der Waals surface area contributed by atoms with Gasteiger partial charge in [0, 0.05) is 5.57 Å². The molecule has 0 saturated heterocycles. The van der Waals surface area contributed by atoms with Crippen LogP contribution < -0.4 is 0 Å². The van der Waals surface area contributed by atoms with Crippen LogP contribution >= 0.6 is 0 Å². The van der Waals surface area contributed by atoms with E-state index in [2.05, 4.69) is 13.8 Å². The molecule has 2 aliphatic rings.